The maximum absolute atomic E-state index is 12.4. The average Bonchev–Trinajstić information content (AvgIpc) is 2.27. The highest BCUT2D eigenvalue weighted by Gasteiger charge is 2.30. The van der Waals surface area contributed by atoms with Crippen molar-refractivity contribution in [1.29, 1.82) is 0 Å². The number of carbonyl (C=O) groups excluding carboxylic acids is 1. The molecule has 0 saturated heterocycles. The number of carboxylic acids is 1. The number of halogens is 3. The van der Waals surface area contributed by atoms with Gasteiger partial charge in [0.05, 0.1) is 12.0 Å². The predicted molar refractivity (Wildman–Crippen MR) is 60.4 cm³/mol. The Morgan fingerprint density at radius 2 is 2.00 bits per heavy atom. The standard InChI is InChI=1S/C12H12F3NO3/c1-7(11(18)19)16-10(17)6-8-3-2-4-9(5-8)12(13,14)15/h2-5,7H,6H2,1H3,(H,16,17)(H,18,19)/t7-/m0/s1. The maximum Gasteiger partial charge on any atom is 0.416 e. The van der Waals surface area contributed by atoms with E-state index in [1.165, 1.54) is 19.1 Å². The Morgan fingerprint density at radius 1 is 1.37 bits per heavy atom. The molecule has 0 bridgehead atoms. The lowest BCUT2D eigenvalue weighted by Crippen LogP contribution is -2.39. The van der Waals surface area contributed by atoms with Gasteiger partial charge >= 0.3 is 12.1 Å². The number of carbonyl (C=O) groups is 2. The lowest BCUT2D eigenvalue weighted by molar-refractivity contribution is -0.141. The molecular formula is C12H12F3NO3. The van der Waals surface area contributed by atoms with Gasteiger partial charge in [0, 0.05) is 0 Å². The van der Waals surface area contributed by atoms with Gasteiger partial charge in [-0.1, -0.05) is 18.2 Å². The SMILES string of the molecule is C[C@H](NC(=O)Cc1cccc(C(F)(F)F)c1)C(=O)O. The van der Waals surface area contributed by atoms with E-state index < -0.39 is 29.7 Å². The number of amides is 1. The zero-order valence-corrected chi connectivity index (χ0v) is 9.99. The van der Waals surface area contributed by atoms with Crippen molar-refractivity contribution < 1.29 is 27.9 Å². The van der Waals surface area contributed by atoms with Crippen molar-refractivity contribution in [1.82, 2.24) is 5.32 Å². The molecule has 0 fully saturated rings. The fraction of sp³-hybridized carbons (Fsp3) is 0.333. The molecule has 0 aliphatic rings. The third-order valence-corrected chi connectivity index (χ3v) is 2.37. The Morgan fingerprint density at radius 3 is 2.53 bits per heavy atom. The van der Waals surface area contributed by atoms with Crippen LogP contribution in [0.2, 0.25) is 0 Å². The van der Waals surface area contributed by atoms with Gasteiger partial charge in [0.15, 0.2) is 0 Å². The minimum Gasteiger partial charge on any atom is -0.480 e. The van der Waals surface area contributed by atoms with E-state index in [0.717, 1.165) is 12.1 Å². The fourth-order valence-corrected chi connectivity index (χ4v) is 1.40. The number of nitrogens with one attached hydrogen (secondary N) is 1. The van der Waals surface area contributed by atoms with E-state index in [2.05, 4.69) is 5.32 Å². The van der Waals surface area contributed by atoms with E-state index in [1.54, 1.807) is 0 Å². The second-order valence-electron chi connectivity index (χ2n) is 4.00. The molecular weight excluding hydrogens is 263 g/mol. The predicted octanol–water partition coefficient (Wildman–Crippen LogP) is 1.84. The molecule has 19 heavy (non-hydrogen) atoms. The van der Waals surface area contributed by atoms with Crippen molar-refractivity contribution in [2.24, 2.45) is 0 Å². The summed E-state index contributed by atoms with van der Waals surface area (Å²) >= 11 is 0. The molecule has 7 heteroatoms. The van der Waals surface area contributed by atoms with Crippen molar-refractivity contribution in [2.45, 2.75) is 25.6 Å². The minimum absolute atomic E-state index is 0.171. The van der Waals surface area contributed by atoms with Gasteiger partial charge in [-0.3, -0.25) is 9.59 Å². The van der Waals surface area contributed by atoms with Crippen LogP contribution < -0.4 is 5.32 Å². The number of hydrogen-bond acceptors (Lipinski definition) is 2. The summed E-state index contributed by atoms with van der Waals surface area (Å²) in [5, 5.41) is 10.8. The summed E-state index contributed by atoms with van der Waals surface area (Å²) in [4.78, 5) is 21.9. The maximum atomic E-state index is 12.4. The Kier molecular flexibility index (Phi) is 4.52. The van der Waals surface area contributed by atoms with E-state index in [4.69, 9.17) is 5.11 Å². The lowest BCUT2D eigenvalue weighted by atomic mass is 10.1. The second-order valence-corrected chi connectivity index (χ2v) is 4.00. The Hall–Kier alpha value is -2.05. The van der Waals surface area contributed by atoms with Crippen LogP contribution in [-0.4, -0.2) is 23.0 Å². The van der Waals surface area contributed by atoms with Crippen molar-refractivity contribution in [3.63, 3.8) is 0 Å². The van der Waals surface area contributed by atoms with Crippen molar-refractivity contribution in [2.75, 3.05) is 0 Å². The molecule has 0 aliphatic heterocycles. The summed E-state index contributed by atoms with van der Waals surface area (Å²) in [7, 11) is 0. The molecule has 1 atom stereocenters. The van der Waals surface area contributed by atoms with Gasteiger partial charge in [0.1, 0.15) is 6.04 Å². The quantitative estimate of drug-likeness (QED) is 0.881. The number of hydrogen-bond donors (Lipinski definition) is 2. The third-order valence-electron chi connectivity index (χ3n) is 2.37. The van der Waals surface area contributed by atoms with Crippen molar-refractivity contribution in [3.8, 4) is 0 Å². The normalized spacial score (nSPS) is 12.8. The lowest BCUT2D eigenvalue weighted by Gasteiger charge is -2.11. The van der Waals surface area contributed by atoms with Gasteiger partial charge in [-0.2, -0.15) is 13.2 Å². The number of alkyl halides is 3. The van der Waals surface area contributed by atoms with Gasteiger partial charge in [0.25, 0.3) is 0 Å². The first-order valence-corrected chi connectivity index (χ1v) is 5.38. The highest BCUT2D eigenvalue weighted by atomic mass is 19.4. The van der Waals surface area contributed by atoms with Crippen LogP contribution in [0.5, 0.6) is 0 Å². The van der Waals surface area contributed by atoms with Gasteiger partial charge < -0.3 is 10.4 Å². The molecule has 4 nitrogen and oxygen atoms in total. The Balaban J connectivity index is 2.73. The first-order chi connectivity index (χ1) is 8.70. The largest absolute Gasteiger partial charge is 0.480 e. The van der Waals surface area contributed by atoms with E-state index in [9.17, 15) is 22.8 Å². The van der Waals surface area contributed by atoms with Crippen LogP contribution in [0.4, 0.5) is 13.2 Å². The van der Waals surface area contributed by atoms with E-state index >= 15 is 0 Å². The first kappa shape index (κ1) is 15.0. The molecule has 0 spiro atoms. The summed E-state index contributed by atoms with van der Waals surface area (Å²) in [6.07, 6.45) is -4.78. The molecule has 1 rings (SSSR count). The molecule has 104 valence electrons. The number of rotatable bonds is 4. The summed E-state index contributed by atoms with van der Waals surface area (Å²) in [5.74, 6) is -1.85. The van der Waals surface area contributed by atoms with Gasteiger partial charge in [-0.05, 0) is 18.6 Å². The summed E-state index contributed by atoms with van der Waals surface area (Å²) in [5.41, 5.74) is -0.672. The number of aliphatic carboxylic acids is 1. The third kappa shape index (κ3) is 4.61. The molecule has 0 saturated carbocycles. The van der Waals surface area contributed by atoms with Gasteiger partial charge in [0.2, 0.25) is 5.91 Å². The molecule has 1 amide bonds. The van der Waals surface area contributed by atoms with Crippen LogP contribution in [-0.2, 0) is 22.2 Å². The van der Waals surface area contributed by atoms with Gasteiger partial charge in [-0.25, -0.2) is 0 Å². The molecule has 1 aromatic rings. The van der Waals surface area contributed by atoms with Crippen LogP contribution in [0, 0.1) is 0 Å². The molecule has 0 radical (unpaired) electrons. The highest BCUT2D eigenvalue weighted by molar-refractivity contribution is 5.84. The topological polar surface area (TPSA) is 66.4 Å². The first-order valence-electron chi connectivity index (χ1n) is 5.38. The average molecular weight is 275 g/mol. The summed E-state index contributed by atoms with van der Waals surface area (Å²) in [6.45, 7) is 1.27. The Labute approximate surface area is 107 Å². The minimum atomic E-state index is -4.47. The van der Waals surface area contributed by atoms with Crippen molar-refractivity contribution >= 4 is 11.9 Å². The summed E-state index contributed by atoms with van der Waals surface area (Å²) < 4.78 is 37.3. The fourth-order valence-electron chi connectivity index (χ4n) is 1.40. The number of benzene rings is 1. The monoisotopic (exact) mass is 275 g/mol. The second kappa shape index (κ2) is 5.73. The smallest absolute Gasteiger partial charge is 0.416 e. The van der Waals surface area contributed by atoms with Crippen LogP contribution >= 0.6 is 0 Å². The molecule has 0 heterocycles. The van der Waals surface area contributed by atoms with Crippen LogP contribution in [0.15, 0.2) is 24.3 Å². The molecule has 0 aromatic heterocycles. The van der Waals surface area contributed by atoms with E-state index in [-0.39, 0.29) is 12.0 Å². The van der Waals surface area contributed by atoms with Gasteiger partial charge in [-0.15, -0.1) is 0 Å². The highest BCUT2D eigenvalue weighted by Crippen LogP contribution is 2.29. The van der Waals surface area contributed by atoms with Crippen LogP contribution in [0.1, 0.15) is 18.1 Å². The van der Waals surface area contributed by atoms with E-state index in [0.29, 0.717) is 0 Å². The van der Waals surface area contributed by atoms with Crippen LogP contribution in [0.25, 0.3) is 0 Å². The Bertz CT molecular complexity index is 485. The number of carboxylic acid groups (broad SMARTS) is 1. The molecule has 0 aliphatic carbocycles. The molecule has 0 unspecified atom stereocenters. The zero-order chi connectivity index (χ0) is 14.6. The molecule has 2 N–H and O–H groups in total. The van der Waals surface area contributed by atoms with Crippen LogP contribution in [0.3, 0.4) is 0 Å². The molecule has 1 aromatic carbocycles. The van der Waals surface area contributed by atoms with Crippen molar-refractivity contribution in [3.05, 3.63) is 35.4 Å². The summed E-state index contributed by atoms with van der Waals surface area (Å²) in [6, 6.07) is 3.26. The zero-order valence-electron chi connectivity index (χ0n) is 9.99. The van der Waals surface area contributed by atoms with E-state index in [1.807, 2.05) is 0 Å².